The van der Waals surface area contributed by atoms with Crippen molar-refractivity contribution in [1.82, 2.24) is 5.32 Å². The number of nitrogens with one attached hydrogen (secondary N) is 1. The van der Waals surface area contributed by atoms with Crippen LogP contribution in [0.3, 0.4) is 0 Å². The summed E-state index contributed by atoms with van der Waals surface area (Å²) >= 11 is 3.48. The molecule has 0 bridgehead atoms. The van der Waals surface area contributed by atoms with Gasteiger partial charge in [-0.15, -0.1) is 0 Å². The summed E-state index contributed by atoms with van der Waals surface area (Å²) in [7, 11) is 4.99. The minimum Gasteiger partial charge on any atom is -0.495 e. The molecule has 0 saturated heterocycles. The van der Waals surface area contributed by atoms with Crippen molar-refractivity contribution in [3.63, 3.8) is 0 Å². The highest BCUT2D eigenvalue weighted by Gasteiger charge is 2.15. The number of methoxy groups -OCH3 is 2. The fourth-order valence-corrected chi connectivity index (χ4v) is 2.86. The summed E-state index contributed by atoms with van der Waals surface area (Å²) in [6, 6.07) is 8.79. The molecule has 2 rings (SSSR count). The van der Waals surface area contributed by atoms with Gasteiger partial charge >= 0.3 is 0 Å². The van der Waals surface area contributed by atoms with Crippen molar-refractivity contribution < 1.29 is 13.9 Å². The van der Waals surface area contributed by atoms with Crippen LogP contribution in [0.2, 0.25) is 0 Å². The van der Waals surface area contributed by atoms with E-state index < -0.39 is 0 Å². The first kappa shape index (κ1) is 15.8. The number of hydrogen-bond donors (Lipinski definition) is 1. The highest BCUT2D eigenvalue weighted by atomic mass is 79.9. The molecule has 0 fully saturated rings. The number of rotatable bonds is 5. The first-order valence-corrected chi connectivity index (χ1v) is 7.25. The lowest BCUT2D eigenvalue weighted by Crippen LogP contribution is -2.07. The fraction of sp³-hybridized carbons (Fsp3) is 0.250. The molecule has 0 saturated carbocycles. The standard InChI is InChI=1S/C16H17BrFNO2/c1-19-9-11-8-10(4-6-13(11)18)12-5-7-14(20-2)15(17)16(12)21-3/h4-8,19H,9H2,1-3H3. The Labute approximate surface area is 132 Å². The van der Waals surface area contributed by atoms with Crippen molar-refractivity contribution in [2.45, 2.75) is 6.54 Å². The molecule has 0 unspecified atom stereocenters. The number of hydrogen-bond acceptors (Lipinski definition) is 3. The van der Waals surface area contributed by atoms with Crippen LogP contribution in [0.15, 0.2) is 34.8 Å². The van der Waals surface area contributed by atoms with Crippen LogP contribution in [0, 0.1) is 5.82 Å². The van der Waals surface area contributed by atoms with Gasteiger partial charge in [0.2, 0.25) is 0 Å². The minimum absolute atomic E-state index is 0.223. The third kappa shape index (κ3) is 3.19. The minimum atomic E-state index is -0.223. The predicted molar refractivity (Wildman–Crippen MR) is 85.4 cm³/mol. The molecule has 3 nitrogen and oxygen atoms in total. The van der Waals surface area contributed by atoms with Gasteiger partial charge in [-0.25, -0.2) is 4.39 Å². The molecule has 0 radical (unpaired) electrons. The molecule has 0 aliphatic heterocycles. The summed E-state index contributed by atoms with van der Waals surface area (Å²) in [6.07, 6.45) is 0. The first-order valence-electron chi connectivity index (χ1n) is 6.46. The molecule has 0 amide bonds. The van der Waals surface area contributed by atoms with Crippen LogP contribution >= 0.6 is 15.9 Å². The molecular formula is C16H17BrFNO2. The predicted octanol–water partition coefficient (Wildman–Crippen LogP) is 3.99. The largest absolute Gasteiger partial charge is 0.495 e. The average Bonchev–Trinajstić information content (AvgIpc) is 2.49. The number of halogens is 2. The van der Waals surface area contributed by atoms with Gasteiger partial charge in [-0.3, -0.25) is 0 Å². The summed E-state index contributed by atoms with van der Waals surface area (Å²) in [5, 5.41) is 2.96. The van der Waals surface area contributed by atoms with Gasteiger partial charge in [0.1, 0.15) is 21.8 Å². The van der Waals surface area contributed by atoms with Gasteiger partial charge < -0.3 is 14.8 Å². The van der Waals surface area contributed by atoms with E-state index in [1.54, 1.807) is 27.3 Å². The molecule has 0 heterocycles. The fourth-order valence-electron chi connectivity index (χ4n) is 2.19. The van der Waals surface area contributed by atoms with Crippen LogP contribution in [-0.2, 0) is 6.54 Å². The molecule has 5 heteroatoms. The van der Waals surface area contributed by atoms with Crippen LogP contribution < -0.4 is 14.8 Å². The zero-order valence-electron chi connectivity index (χ0n) is 12.2. The zero-order valence-corrected chi connectivity index (χ0v) is 13.8. The lowest BCUT2D eigenvalue weighted by atomic mass is 10.0. The van der Waals surface area contributed by atoms with Crippen molar-refractivity contribution in [2.75, 3.05) is 21.3 Å². The van der Waals surface area contributed by atoms with Gasteiger partial charge in [-0.2, -0.15) is 0 Å². The Balaban J connectivity index is 2.56. The molecule has 0 atom stereocenters. The van der Waals surface area contributed by atoms with E-state index in [1.807, 2.05) is 18.2 Å². The lowest BCUT2D eigenvalue weighted by Gasteiger charge is -2.14. The van der Waals surface area contributed by atoms with E-state index in [2.05, 4.69) is 21.2 Å². The normalized spacial score (nSPS) is 10.5. The van der Waals surface area contributed by atoms with Crippen molar-refractivity contribution in [2.24, 2.45) is 0 Å². The summed E-state index contributed by atoms with van der Waals surface area (Å²) < 4.78 is 25.2. The van der Waals surface area contributed by atoms with Crippen LogP contribution in [0.1, 0.15) is 5.56 Å². The van der Waals surface area contributed by atoms with Gasteiger partial charge in [0.25, 0.3) is 0 Å². The van der Waals surface area contributed by atoms with Crippen molar-refractivity contribution in [3.8, 4) is 22.6 Å². The summed E-state index contributed by atoms with van der Waals surface area (Å²) in [4.78, 5) is 0. The Morgan fingerprint density at radius 2 is 1.90 bits per heavy atom. The second-order valence-corrected chi connectivity index (χ2v) is 5.29. The second kappa shape index (κ2) is 6.91. The first-order chi connectivity index (χ1) is 10.1. The van der Waals surface area contributed by atoms with Gasteiger partial charge in [0, 0.05) is 17.7 Å². The topological polar surface area (TPSA) is 30.5 Å². The summed E-state index contributed by atoms with van der Waals surface area (Å²) in [5.74, 6) is 1.13. The third-order valence-corrected chi connectivity index (χ3v) is 3.96. The zero-order chi connectivity index (χ0) is 15.4. The molecular weight excluding hydrogens is 337 g/mol. The summed E-state index contributed by atoms with van der Waals surface area (Å²) in [6.45, 7) is 0.472. The Hall–Kier alpha value is -1.59. The molecule has 1 N–H and O–H groups in total. The molecule has 0 spiro atoms. The Bertz CT molecular complexity index is 646. The SMILES string of the molecule is CNCc1cc(-c2ccc(OC)c(Br)c2OC)ccc1F. The Morgan fingerprint density at radius 3 is 2.52 bits per heavy atom. The average molecular weight is 354 g/mol. The van der Waals surface area contributed by atoms with Crippen molar-refractivity contribution in [1.29, 1.82) is 0 Å². The van der Waals surface area contributed by atoms with Crippen LogP contribution in [0.4, 0.5) is 4.39 Å². The van der Waals surface area contributed by atoms with E-state index in [1.165, 1.54) is 6.07 Å². The van der Waals surface area contributed by atoms with Gasteiger partial charge in [0.05, 0.1) is 14.2 Å². The molecule has 112 valence electrons. The highest BCUT2D eigenvalue weighted by Crippen LogP contribution is 2.42. The van der Waals surface area contributed by atoms with E-state index in [0.717, 1.165) is 15.6 Å². The quantitative estimate of drug-likeness (QED) is 0.881. The van der Waals surface area contributed by atoms with E-state index >= 15 is 0 Å². The Morgan fingerprint density at radius 1 is 1.14 bits per heavy atom. The number of ether oxygens (including phenoxy) is 2. The van der Waals surface area contributed by atoms with E-state index in [-0.39, 0.29) is 5.82 Å². The molecule has 0 aromatic heterocycles. The lowest BCUT2D eigenvalue weighted by molar-refractivity contribution is 0.390. The smallest absolute Gasteiger partial charge is 0.144 e. The summed E-state index contributed by atoms with van der Waals surface area (Å²) in [5.41, 5.74) is 2.38. The highest BCUT2D eigenvalue weighted by molar-refractivity contribution is 9.10. The van der Waals surface area contributed by atoms with Crippen molar-refractivity contribution in [3.05, 3.63) is 46.2 Å². The van der Waals surface area contributed by atoms with Crippen LogP contribution in [0.25, 0.3) is 11.1 Å². The monoisotopic (exact) mass is 353 g/mol. The van der Waals surface area contributed by atoms with Crippen molar-refractivity contribution >= 4 is 15.9 Å². The maximum absolute atomic E-state index is 13.8. The molecule has 2 aromatic carbocycles. The van der Waals surface area contributed by atoms with E-state index in [4.69, 9.17) is 9.47 Å². The molecule has 21 heavy (non-hydrogen) atoms. The molecule has 2 aromatic rings. The van der Waals surface area contributed by atoms with Gasteiger partial charge in [-0.1, -0.05) is 6.07 Å². The molecule has 0 aliphatic carbocycles. The van der Waals surface area contributed by atoms with Crippen LogP contribution in [-0.4, -0.2) is 21.3 Å². The molecule has 0 aliphatic rings. The van der Waals surface area contributed by atoms with E-state index in [9.17, 15) is 4.39 Å². The number of benzene rings is 2. The van der Waals surface area contributed by atoms with Crippen LogP contribution in [0.5, 0.6) is 11.5 Å². The maximum atomic E-state index is 13.8. The maximum Gasteiger partial charge on any atom is 0.144 e. The third-order valence-electron chi connectivity index (χ3n) is 3.21. The Kier molecular flexibility index (Phi) is 5.20. The van der Waals surface area contributed by atoms with E-state index in [0.29, 0.717) is 23.6 Å². The van der Waals surface area contributed by atoms with Gasteiger partial charge in [-0.05, 0) is 52.8 Å². The van der Waals surface area contributed by atoms with Gasteiger partial charge in [0.15, 0.2) is 0 Å². The second-order valence-electron chi connectivity index (χ2n) is 4.50.